The SMILES string of the molecule is CC(C)CN1CCC(N)C1c1ccc(C(F)(F)F)cc1. The molecule has 2 rings (SSSR count). The molecule has 0 radical (unpaired) electrons. The van der Waals surface area contributed by atoms with Gasteiger partial charge in [0, 0.05) is 25.2 Å². The summed E-state index contributed by atoms with van der Waals surface area (Å²) in [5.74, 6) is 0.511. The summed E-state index contributed by atoms with van der Waals surface area (Å²) in [6.07, 6.45) is -3.40. The minimum Gasteiger partial charge on any atom is -0.326 e. The molecule has 2 atom stereocenters. The third-order valence-corrected chi connectivity index (χ3v) is 3.73. The zero-order valence-electron chi connectivity index (χ0n) is 11.8. The van der Waals surface area contributed by atoms with Crippen molar-refractivity contribution >= 4 is 0 Å². The van der Waals surface area contributed by atoms with Crippen LogP contribution in [0.25, 0.3) is 0 Å². The van der Waals surface area contributed by atoms with Crippen LogP contribution >= 0.6 is 0 Å². The minimum atomic E-state index is -4.28. The molecule has 0 saturated carbocycles. The Bertz CT molecular complexity index is 439. The van der Waals surface area contributed by atoms with Crippen LogP contribution in [0.5, 0.6) is 0 Å². The number of alkyl halides is 3. The van der Waals surface area contributed by atoms with Gasteiger partial charge in [-0.15, -0.1) is 0 Å². The highest BCUT2D eigenvalue weighted by atomic mass is 19.4. The van der Waals surface area contributed by atoms with E-state index in [1.807, 2.05) is 0 Å². The Morgan fingerprint density at radius 2 is 1.85 bits per heavy atom. The van der Waals surface area contributed by atoms with Crippen molar-refractivity contribution in [1.29, 1.82) is 0 Å². The van der Waals surface area contributed by atoms with Crippen molar-refractivity contribution in [2.24, 2.45) is 11.7 Å². The molecule has 0 aromatic heterocycles. The summed E-state index contributed by atoms with van der Waals surface area (Å²) < 4.78 is 37.8. The number of likely N-dealkylation sites (tertiary alicyclic amines) is 1. The summed E-state index contributed by atoms with van der Waals surface area (Å²) in [4.78, 5) is 2.28. The number of rotatable bonds is 3. The van der Waals surface area contributed by atoms with Gasteiger partial charge in [-0.25, -0.2) is 0 Å². The highest BCUT2D eigenvalue weighted by Gasteiger charge is 2.34. The van der Waals surface area contributed by atoms with E-state index < -0.39 is 11.7 Å². The molecular formula is C15H21F3N2. The van der Waals surface area contributed by atoms with E-state index in [2.05, 4.69) is 18.7 Å². The Kier molecular flexibility index (Phi) is 4.39. The quantitative estimate of drug-likeness (QED) is 0.922. The fourth-order valence-electron chi connectivity index (χ4n) is 2.88. The van der Waals surface area contributed by atoms with Crippen molar-refractivity contribution in [1.82, 2.24) is 4.90 Å². The van der Waals surface area contributed by atoms with Crippen molar-refractivity contribution in [3.05, 3.63) is 35.4 Å². The first-order valence-electron chi connectivity index (χ1n) is 6.96. The van der Waals surface area contributed by atoms with Gasteiger partial charge in [-0.3, -0.25) is 4.90 Å². The van der Waals surface area contributed by atoms with Crippen molar-refractivity contribution in [2.45, 2.75) is 38.5 Å². The lowest BCUT2D eigenvalue weighted by Crippen LogP contribution is -2.33. The first-order valence-corrected chi connectivity index (χ1v) is 6.96. The zero-order valence-corrected chi connectivity index (χ0v) is 11.8. The molecule has 0 amide bonds. The van der Waals surface area contributed by atoms with Crippen molar-refractivity contribution in [3.8, 4) is 0 Å². The molecule has 1 aliphatic rings. The summed E-state index contributed by atoms with van der Waals surface area (Å²) in [5, 5.41) is 0. The molecular weight excluding hydrogens is 265 g/mol. The maximum Gasteiger partial charge on any atom is 0.416 e. The molecule has 1 aromatic carbocycles. The zero-order chi connectivity index (χ0) is 14.9. The van der Waals surface area contributed by atoms with E-state index in [1.54, 1.807) is 12.1 Å². The van der Waals surface area contributed by atoms with Crippen molar-refractivity contribution in [3.63, 3.8) is 0 Å². The average molecular weight is 286 g/mol. The first kappa shape index (κ1) is 15.3. The maximum absolute atomic E-state index is 12.6. The van der Waals surface area contributed by atoms with Crippen LogP contribution in [0.15, 0.2) is 24.3 Å². The number of nitrogens with zero attached hydrogens (tertiary/aromatic N) is 1. The van der Waals surface area contributed by atoms with Gasteiger partial charge in [-0.05, 0) is 30.0 Å². The number of nitrogens with two attached hydrogens (primary N) is 1. The lowest BCUT2D eigenvalue weighted by molar-refractivity contribution is -0.137. The Balaban J connectivity index is 2.20. The van der Waals surface area contributed by atoms with Gasteiger partial charge in [-0.1, -0.05) is 26.0 Å². The van der Waals surface area contributed by atoms with Crippen molar-refractivity contribution in [2.75, 3.05) is 13.1 Å². The van der Waals surface area contributed by atoms with Gasteiger partial charge >= 0.3 is 6.18 Å². The summed E-state index contributed by atoms with van der Waals surface area (Å²) in [6, 6.07) is 5.44. The molecule has 1 aliphatic heterocycles. The average Bonchev–Trinajstić information content (AvgIpc) is 2.69. The van der Waals surface area contributed by atoms with Gasteiger partial charge in [0.1, 0.15) is 0 Å². The molecule has 112 valence electrons. The van der Waals surface area contributed by atoms with E-state index >= 15 is 0 Å². The van der Waals surface area contributed by atoms with E-state index in [9.17, 15) is 13.2 Å². The van der Waals surface area contributed by atoms with Crippen LogP contribution in [0, 0.1) is 5.92 Å². The van der Waals surface area contributed by atoms with Gasteiger partial charge < -0.3 is 5.73 Å². The van der Waals surface area contributed by atoms with Gasteiger partial charge in [0.2, 0.25) is 0 Å². The molecule has 1 saturated heterocycles. The predicted molar refractivity (Wildman–Crippen MR) is 73.2 cm³/mol. The second-order valence-electron chi connectivity index (χ2n) is 5.91. The molecule has 1 aromatic rings. The van der Waals surface area contributed by atoms with Crippen LogP contribution in [0.3, 0.4) is 0 Å². The predicted octanol–water partition coefficient (Wildman–Crippen LogP) is 3.44. The van der Waals surface area contributed by atoms with Gasteiger partial charge in [0.15, 0.2) is 0 Å². The van der Waals surface area contributed by atoms with E-state index in [4.69, 9.17) is 5.73 Å². The Hall–Kier alpha value is -1.07. The smallest absolute Gasteiger partial charge is 0.326 e. The largest absolute Gasteiger partial charge is 0.416 e. The Morgan fingerprint density at radius 3 is 2.35 bits per heavy atom. The second kappa shape index (κ2) is 5.74. The molecule has 0 spiro atoms. The topological polar surface area (TPSA) is 29.3 Å². The van der Waals surface area contributed by atoms with E-state index in [0.29, 0.717) is 5.92 Å². The molecule has 2 unspecified atom stereocenters. The van der Waals surface area contributed by atoms with Crippen LogP contribution in [-0.2, 0) is 6.18 Å². The maximum atomic E-state index is 12.6. The van der Waals surface area contributed by atoms with Crippen molar-refractivity contribution < 1.29 is 13.2 Å². The first-order chi connectivity index (χ1) is 9.29. The summed E-state index contributed by atoms with van der Waals surface area (Å²) in [5.41, 5.74) is 6.41. The second-order valence-corrected chi connectivity index (χ2v) is 5.91. The Morgan fingerprint density at radius 1 is 1.25 bits per heavy atom. The number of hydrogen-bond donors (Lipinski definition) is 1. The molecule has 1 fully saturated rings. The molecule has 1 heterocycles. The lowest BCUT2D eigenvalue weighted by Gasteiger charge is -2.28. The normalized spacial score (nSPS) is 24.6. The third-order valence-electron chi connectivity index (χ3n) is 3.73. The van der Waals surface area contributed by atoms with Gasteiger partial charge in [0.05, 0.1) is 5.56 Å². The summed E-state index contributed by atoms with van der Waals surface area (Å²) in [6.45, 7) is 6.09. The number of halogens is 3. The van der Waals surface area contributed by atoms with Gasteiger partial charge in [0.25, 0.3) is 0 Å². The standard InChI is InChI=1S/C15H21F3N2/c1-10(2)9-20-8-7-13(19)14(20)11-3-5-12(6-4-11)15(16,17)18/h3-6,10,13-14H,7-9,19H2,1-2H3. The van der Waals surface area contributed by atoms with Crippen LogP contribution in [-0.4, -0.2) is 24.0 Å². The molecule has 0 bridgehead atoms. The lowest BCUT2D eigenvalue weighted by atomic mass is 9.99. The third kappa shape index (κ3) is 3.33. The minimum absolute atomic E-state index is 0.00881. The van der Waals surface area contributed by atoms with E-state index in [-0.39, 0.29) is 12.1 Å². The monoisotopic (exact) mass is 286 g/mol. The van der Waals surface area contributed by atoms with Crippen LogP contribution in [0.1, 0.15) is 37.4 Å². The highest BCUT2D eigenvalue weighted by molar-refractivity contribution is 5.28. The van der Waals surface area contributed by atoms with Crippen LogP contribution in [0.4, 0.5) is 13.2 Å². The fourth-order valence-corrected chi connectivity index (χ4v) is 2.88. The van der Waals surface area contributed by atoms with E-state index in [0.717, 1.165) is 37.2 Å². The summed E-state index contributed by atoms with van der Waals surface area (Å²) >= 11 is 0. The van der Waals surface area contributed by atoms with Crippen LogP contribution < -0.4 is 5.73 Å². The number of benzene rings is 1. The molecule has 2 nitrogen and oxygen atoms in total. The molecule has 5 heteroatoms. The highest BCUT2D eigenvalue weighted by Crippen LogP contribution is 2.34. The van der Waals surface area contributed by atoms with Gasteiger partial charge in [-0.2, -0.15) is 13.2 Å². The Labute approximate surface area is 117 Å². The van der Waals surface area contributed by atoms with E-state index in [1.165, 1.54) is 0 Å². The molecule has 0 aliphatic carbocycles. The number of hydrogen-bond acceptors (Lipinski definition) is 2. The summed E-state index contributed by atoms with van der Waals surface area (Å²) in [7, 11) is 0. The van der Waals surface area contributed by atoms with Crippen LogP contribution in [0.2, 0.25) is 0 Å². The molecule has 20 heavy (non-hydrogen) atoms. The fraction of sp³-hybridized carbons (Fsp3) is 0.600. The molecule has 2 N–H and O–H groups in total.